The van der Waals surface area contributed by atoms with Crippen molar-refractivity contribution in [3.8, 4) is 6.07 Å². The van der Waals surface area contributed by atoms with Gasteiger partial charge in [-0.15, -0.1) is 0 Å². The minimum atomic E-state index is -3.96. The largest absolute Gasteiger partial charge is 0.265 e. The van der Waals surface area contributed by atoms with Crippen LogP contribution < -0.4 is 4.72 Å². The van der Waals surface area contributed by atoms with Crippen molar-refractivity contribution in [2.75, 3.05) is 4.72 Å². The first-order chi connectivity index (χ1) is 9.04. The van der Waals surface area contributed by atoms with Gasteiger partial charge in [-0.05, 0) is 24.3 Å². The molecule has 0 aliphatic rings. The van der Waals surface area contributed by atoms with Gasteiger partial charge < -0.3 is 0 Å². The number of nitrogens with zero attached hydrogens (tertiary/aromatic N) is 3. The molecular formula is C11H7ClN4O2S. The number of rotatable bonds is 3. The zero-order valence-corrected chi connectivity index (χ0v) is 11.0. The average Bonchev–Trinajstić information content (AvgIpc) is 2.41. The number of sulfonamides is 1. The van der Waals surface area contributed by atoms with E-state index in [0.717, 1.165) is 0 Å². The molecule has 0 saturated heterocycles. The van der Waals surface area contributed by atoms with E-state index in [1.807, 2.05) is 0 Å². The predicted octanol–water partition coefficient (Wildman–Crippen LogP) is 1.80. The van der Waals surface area contributed by atoms with E-state index in [9.17, 15) is 8.42 Å². The second-order valence-electron chi connectivity index (χ2n) is 3.40. The summed E-state index contributed by atoms with van der Waals surface area (Å²) in [5.74, 6) is -0.00286. The Hall–Kier alpha value is -2.17. The molecule has 0 atom stereocenters. The highest BCUT2D eigenvalue weighted by molar-refractivity contribution is 7.92. The Labute approximate surface area is 114 Å². The molecule has 0 aliphatic carbocycles. The maximum atomic E-state index is 12.1. The first-order valence-corrected chi connectivity index (χ1v) is 6.89. The third-order valence-corrected chi connectivity index (χ3v) is 3.83. The van der Waals surface area contributed by atoms with Crippen LogP contribution in [0.25, 0.3) is 0 Å². The molecule has 2 rings (SSSR count). The number of halogens is 1. The van der Waals surface area contributed by atoms with Crippen molar-refractivity contribution in [2.24, 2.45) is 0 Å². The summed E-state index contributed by atoms with van der Waals surface area (Å²) in [4.78, 5) is 7.29. The van der Waals surface area contributed by atoms with Crippen molar-refractivity contribution >= 4 is 27.4 Å². The van der Waals surface area contributed by atoms with Crippen LogP contribution in [0.15, 0.2) is 41.6 Å². The Balaban J connectivity index is 2.45. The molecule has 2 heterocycles. The molecule has 0 aliphatic heterocycles. The Morgan fingerprint density at radius 1 is 1.21 bits per heavy atom. The van der Waals surface area contributed by atoms with Crippen LogP contribution in [0.2, 0.25) is 5.02 Å². The van der Waals surface area contributed by atoms with Crippen LogP contribution in [0.4, 0.5) is 5.82 Å². The van der Waals surface area contributed by atoms with Crippen LogP contribution in [0.5, 0.6) is 0 Å². The number of nitrogens with one attached hydrogen (secondary N) is 1. The van der Waals surface area contributed by atoms with Crippen molar-refractivity contribution in [2.45, 2.75) is 4.90 Å². The highest BCUT2D eigenvalue weighted by Gasteiger charge is 2.20. The molecule has 0 fully saturated rings. The molecule has 0 unspecified atom stereocenters. The molecule has 0 aromatic carbocycles. The van der Waals surface area contributed by atoms with E-state index in [4.69, 9.17) is 16.9 Å². The molecule has 19 heavy (non-hydrogen) atoms. The van der Waals surface area contributed by atoms with Gasteiger partial charge in [0.05, 0.1) is 5.02 Å². The molecule has 2 aromatic heterocycles. The zero-order valence-electron chi connectivity index (χ0n) is 9.41. The highest BCUT2D eigenvalue weighted by atomic mass is 35.5. The van der Waals surface area contributed by atoms with Gasteiger partial charge in [0.15, 0.2) is 11.5 Å². The fourth-order valence-electron chi connectivity index (χ4n) is 1.33. The maximum absolute atomic E-state index is 12.1. The smallest absolute Gasteiger partial charge is 0.262 e. The van der Waals surface area contributed by atoms with Crippen LogP contribution in [0.3, 0.4) is 0 Å². The van der Waals surface area contributed by atoms with Crippen LogP contribution in [0.1, 0.15) is 5.69 Å². The molecular weight excluding hydrogens is 288 g/mol. The number of anilines is 1. The second-order valence-corrected chi connectivity index (χ2v) is 5.46. The first-order valence-electron chi connectivity index (χ1n) is 5.03. The van der Waals surface area contributed by atoms with Crippen molar-refractivity contribution in [1.82, 2.24) is 9.97 Å². The van der Waals surface area contributed by atoms with Gasteiger partial charge in [0.25, 0.3) is 10.0 Å². The molecule has 2 aromatic rings. The van der Waals surface area contributed by atoms with Crippen LogP contribution >= 0.6 is 11.6 Å². The number of hydrogen-bond donors (Lipinski definition) is 1. The Morgan fingerprint density at radius 2 is 1.89 bits per heavy atom. The normalized spacial score (nSPS) is 10.7. The molecule has 0 bridgehead atoms. The Bertz CT molecular complexity index is 755. The third-order valence-electron chi connectivity index (χ3n) is 2.16. The predicted molar refractivity (Wildman–Crippen MR) is 69.0 cm³/mol. The van der Waals surface area contributed by atoms with Crippen LogP contribution in [-0.4, -0.2) is 18.4 Å². The summed E-state index contributed by atoms with van der Waals surface area (Å²) in [5, 5.41) is 9.02. The lowest BCUT2D eigenvalue weighted by molar-refractivity contribution is 0.600. The zero-order chi connectivity index (χ0) is 13.9. The van der Waals surface area contributed by atoms with E-state index in [-0.39, 0.29) is 21.4 Å². The van der Waals surface area contributed by atoms with E-state index >= 15 is 0 Å². The monoisotopic (exact) mass is 294 g/mol. The summed E-state index contributed by atoms with van der Waals surface area (Å²) in [6.07, 6.45) is 2.74. The summed E-state index contributed by atoms with van der Waals surface area (Å²) in [6.45, 7) is 0. The van der Waals surface area contributed by atoms with Crippen LogP contribution in [-0.2, 0) is 10.0 Å². The fraction of sp³-hybridized carbons (Fsp3) is 0. The molecule has 8 heteroatoms. The fourth-order valence-corrected chi connectivity index (χ4v) is 2.70. The molecule has 0 saturated carbocycles. The van der Waals surface area contributed by atoms with Gasteiger partial charge in [0.2, 0.25) is 0 Å². The van der Waals surface area contributed by atoms with Crippen molar-refractivity contribution in [3.05, 3.63) is 47.4 Å². The standard InChI is InChI=1S/C11H7ClN4O2S/c12-8-3-1-6-15-11(8)16-19(17,18)10-4-2-5-14-9(10)7-13/h1-6H,(H,15,16). The lowest BCUT2D eigenvalue weighted by atomic mass is 10.4. The Kier molecular flexibility index (Phi) is 3.64. The van der Waals surface area contributed by atoms with Gasteiger partial charge in [-0.1, -0.05) is 11.6 Å². The molecule has 0 spiro atoms. The van der Waals surface area contributed by atoms with E-state index in [1.165, 1.54) is 30.6 Å². The van der Waals surface area contributed by atoms with Crippen LogP contribution in [0, 0.1) is 11.3 Å². The van der Waals surface area contributed by atoms with Crippen molar-refractivity contribution in [3.63, 3.8) is 0 Å². The lowest BCUT2D eigenvalue weighted by Gasteiger charge is -2.08. The highest BCUT2D eigenvalue weighted by Crippen LogP contribution is 2.22. The van der Waals surface area contributed by atoms with Crippen molar-refractivity contribution in [1.29, 1.82) is 5.26 Å². The molecule has 96 valence electrons. The topological polar surface area (TPSA) is 95.7 Å². The first kappa shape index (κ1) is 13.3. The second kappa shape index (κ2) is 5.22. The third kappa shape index (κ3) is 2.81. The van der Waals surface area contributed by atoms with Gasteiger partial charge in [-0.2, -0.15) is 5.26 Å². The molecule has 0 radical (unpaired) electrons. The SMILES string of the molecule is N#Cc1ncccc1S(=O)(=O)Nc1ncccc1Cl. The number of hydrogen-bond acceptors (Lipinski definition) is 5. The van der Waals surface area contributed by atoms with Gasteiger partial charge >= 0.3 is 0 Å². The summed E-state index contributed by atoms with van der Waals surface area (Å²) in [7, 11) is -3.96. The van der Waals surface area contributed by atoms with Gasteiger partial charge in [0, 0.05) is 12.4 Å². The summed E-state index contributed by atoms with van der Waals surface area (Å²) >= 11 is 5.82. The molecule has 1 N–H and O–H groups in total. The summed E-state index contributed by atoms with van der Waals surface area (Å²) in [6, 6.07) is 7.50. The van der Waals surface area contributed by atoms with E-state index in [1.54, 1.807) is 12.1 Å². The minimum Gasteiger partial charge on any atom is -0.262 e. The minimum absolute atomic E-state index is 0.00286. The quantitative estimate of drug-likeness (QED) is 0.931. The maximum Gasteiger partial charge on any atom is 0.265 e. The van der Waals surface area contributed by atoms with Gasteiger partial charge in [-0.25, -0.2) is 18.4 Å². The average molecular weight is 295 g/mol. The van der Waals surface area contributed by atoms with Gasteiger partial charge in [0.1, 0.15) is 11.0 Å². The van der Waals surface area contributed by atoms with Crippen molar-refractivity contribution < 1.29 is 8.42 Å². The Morgan fingerprint density at radius 3 is 2.58 bits per heavy atom. The van der Waals surface area contributed by atoms with Gasteiger partial charge in [-0.3, -0.25) is 4.72 Å². The molecule has 6 nitrogen and oxygen atoms in total. The number of pyridine rings is 2. The van der Waals surface area contributed by atoms with E-state index in [2.05, 4.69) is 14.7 Å². The number of nitriles is 1. The summed E-state index contributed by atoms with van der Waals surface area (Å²) in [5.41, 5.74) is -0.193. The number of aromatic nitrogens is 2. The summed E-state index contributed by atoms with van der Waals surface area (Å²) < 4.78 is 26.5. The molecule has 0 amide bonds. The lowest BCUT2D eigenvalue weighted by Crippen LogP contribution is -2.16. The van der Waals surface area contributed by atoms with E-state index in [0.29, 0.717) is 0 Å². The van der Waals surface area contributed by atoms with E-state index < -0.39 is 10.0 Å².